The van der Waals surface area contributed by atoms with Crippen molar-refractivity contribution in [1.29, 1.82) is 0 Å². The van der Waals surface area contributed by atoms with Gasteiger partial charge < -0.3 is 5.11 Å². The molecule has 0 fully saturated rings. The first-order valence-corrected chi connectivity index (χ1v) is 9.96. The highest BCUT2D eigenvalue weighted by Gasteiger charge is 2.07. The number of hydrogen-bond donors (Lipinski definition) is 1. The van der Waals surface area contributed by atoms with E-state index >= 15 is 0 Å². The zero-order valence-electron chi connectivity index (χ0n) is 13.1. The van der Waals surface area contributed by atoms with Crippen LogP contribution in [0, 0.1) is 6.92 Å². The molecule has 0 aliphatic carbocycles. The first-order valence-electron chi connectivity index (χ1n) is 7.65. The molecule has 0 aliphatic heterocycles. The normalized spacial score (nSPS) is 10.9. The van der Waals surface area contributed by atoms with Crippen LogP contribution in [0.2, 0.25) is 0 Å². The number of unbranched alkanes of at least 4 members (excludes halogenated alkanes) is 2. The Morgan fingerprint density at radius 2 is 1.55 bits per heavy atom. The van der Waals surface area contributed by atoms with Gasteiger partial charge in [-0.05, 0) is 42.4 Å². The molecule has 0 spiro atoms. The number of benzene rings is 1. The quantitative estimate of drug-likeness (QED) is 0.554. The van der Waals surface area contributed by atoms with Crippen LogP contribution in [0.1, 0.15) is 56.2 Å². The van der Waals surface area contributed by atoms with Crippen molar-refractivity contribution in [2.24, 2.45) is 0 Å². The zero-order chi connectivity index (χ0) is 14.8. The summed E-state index contributed by atoms with van der Waals surface area (Å²) in [5.74, 6) is 4.91. The van der Waals surface area contributed by atoms with Crippen LogP contribution in [0.3, 0.4) is 0 Å². The van der Waals surface area contributed by atoms with E-state index in [9.17, 15) is 5.11 Å². The van der Waals surface area contributed by atoms with E-state index < -0.39 is 0 Å². The van der Waals surface area contributed by atoms with Crippen LogP contribution in [-0.2, 0) is 11.5 Å². The van der Waals surface area contributed by atoms with Crippen molar-refractivity contribution in [3.05, 3.63) is 28.8 Å². The molecular weight excluding hydrogens is 284 g/mol. The minimum absolute atomic E-state index is 0.497. The fourth-order valence-corrected chi connectivity index (χ4v) is 4.11. The van der Waals surface area contributed by atoms with Crippen LogP contribution in [0.5, 0.6) is 5.75 Å². The Kier molecular flexibility index (Phi) is 9.28. The fraction of sp³-hybridized carbons (Fsp3) is 0.647. The van der Waals surface area contributed by atoms with Gasteiger partial charge in [0.25, 0.3) is 0 Å². The first-order chi connectivity index (χ1) is 9.69. The predicted molar refractivity (Wildman–Crippen MR) is 95.0 cm³/mol. The molecule has 0 saturated heterocycles. The Labute approximate surface area is 132 Å². The van der Waals surface area contributed by atoms with Gasteiger partial charge in [-0.2, -0.15) is 23.5 Å². The number of thioether (sulfide) groups is 2. The topological polar surface area (TPSA) is 20.2 Å². The van der Waals surface area contributed by atoms with Gasteiger partial charge in [0, 0.05) is 17.1 Å². The summed E-state index contributed by atoms with van der Waals surface area (Å²) in [6, 6.07) is 4.33. The standard InChI is InChI=1S/C17H28OS2/c1-4-6-8-19-12-15-10-14(3)17(18)16(11-15)13-20-9-7-5-2/h10-11,18H,4-9,12-13H2,1-3H3. The van der Waals surface area contributed by atoms with E-state index in [2.05, 4.69) is 26.0 Å². The first kappa shape index (κ1) is 17.8. The summed E-state index contributed by atoms with van der Waals surface area (Å²) < 4.78 is 0. The number of rotatable bonds is 10. The molecular formula is C17H28OS2. The highest BCUT2D eigenvalue weighted by Crippen LogP contribution is 2.29. The van der Waals surface area contributed by atoms with E-state index in [1.165, 1.54) is 42.8 Å². The van der Waals surface area contributed by atoms with Gasteiger partial charge in [-0.1, -0.05) is 38.8 Å². The van der Waals surface area contributed by atoms with Gasteiger partial charge in [0.2, 0.25) is 0 Å². The molecule has 114 valence electrons. The summed E-state index contributed by atoms with van der Waals surface area (Å²) in [4.78, 5) is 0. The van der Waals surface area contributed by atoms with E-state index in [4.69, 9.17) is 0 Å². The van der Waals surface area contributed by atoms with E-state index in [0.29, 0.717) is 5.75 Å². The number of aryl methyl sites for hydroxylation is 1. The summed E-state index contributed by atoms with van der Waals surface area (Å²) in [5, 5.41) is 10.2. The molecule has 3 heteroatoms. The SMILES string of the molecule is CCCCSCc1cc(C)c(O)c(CSCCCC)c1. The van der Waals surface area contributed by atoms with Crippen LogP contribution < -0.4 is 0 Å². The summed E-state index contributed by atoms with van der Waals surface area (Å²) in [7, 11) is 0. The van der Waals surface area contributed by atoms with Crippen LogP contribution in [0.25, 0.3) is 0 Å². The second-order valence-corrected chi connectivity index (χ2v) is 7.44. The van der Waals surface area contributed by atoms with Gasteiger partial charge in [-0.15, -0.1) is 0 Å². The van der Waals surface area contributed by atoms with E-state index in [-0.39, 0.29) is 0 Å². The summed E-state index contributed by atoms with van der Waals surface area (Å²) in [6.45, 7) is 6.46. The Balaban J connectivity index is 2.56. The number of phenols is 1. The predicted octanol–water partition coefficient (Wildman–Crippen LogP) is 5.77. The molecule has 0 unspecified atom stereocenters. The molecule has 1 nitrogen and oxygen atoms in total. The lowest BCUT2D eigenvalue weighted by Gasteiger charge is -2.11. The van der Waals surface area contributed by atoms with Gasteiger partial charge in [-0.3, -0.25) is 0 Å². The van der Waals surface area contributed by atoms with Gasteiger partial charge >= 0.3 is 0 Å². The third kappa shape index (κ3) is 6.45. The Hall–Kier alpha value is -0.280. The van der Waals surface area contributed by atoms with Crippen LogP contribution in [-0.4, -0.2) is 16.6 Å². The molecule has 0 saturated carbocycles. The minimum atomic E-state index is 0.497. The summed E-state index contributed by atoms with van der Waals surface area (Å²) in [5.41, 5.74) is 3.48. The molecule has 0 aromatic heterocycles. The molecule has 1 aromatic carbocycles. The van der Waals surface area contributed by atoms with Crippen molar-refractivity contribution >= 4 is 23.5 Å². The second-order valence-electron chi connectivity index (χ2n) is 5.23. The minimum Gasteiger partial charge on any atom is -0.507 e. The fourth-order valence-electron chi connectivity index (χ4n) is 1.99. The third-order valence-corrected chi connectivity index (χ3v) is 5.46. The van der Waals surface area contributed by atoms with Gasteiger partial charge in [0.05, 0.1) is 0 Å². The average molecular weight is 313 g/mol. The number of hydrogen-bond acceptors (Lipinski definition) is 3. The van der Waals surface area contributed by atoms with E-state index in [0.717, 1.165) is 22.6 Å². The lowest BCUT2D eigenvalue weighted by atomic mass is 10.1. The van der Waals surface area contributed by atoms with Crippen LogP contribution in [0.15, 0.2) is 12.1 Å². The summed E-state index contributed by atoms with van der Waals surface area (Å²) in [6.07, 6.45) is 5.06. The molecule has 0 atom stereocenters. The largest absolute Gasteiger partial charge is 0.507 e. The van der Waals surface area contributed by atoms with Crippen molar-refractivity contribution in [1.82, 2.24) is 0 Å². The molecule has 20 heavy (non-hydrogen) atoms. The molecule has 0 heterocycles. The highest BCUT2D eigenvalue weighted by molar-refractivity contribution is 7.98. The maximum atomic E-state index is 10.2. The Morgan fingerprint density at radius 3 is 2.15 bits per heavy atom. The number of aromatic hydroxyl groups is 1. The van der Waals surface area contributed by atoms with E-state index in [1.54, 1.807) is 0 Å². The van der Waals surface area contributed by atoms with Crippen molar-refractivity contribution in [2.75, 3.05) is 11.5 Å². The van der Waals surface area contributed by atoms with Crippen LogP contribution in [0.4, 0.5) is 0 Å². The highest BCUT2D eigenvalue weighted by atomic mass is 32.2. The Morgan fingerprint density at radius 1 is 0.950 bits per heavy atom. The molecule has 1 aromatic rings. The van der Waals surface area contributed by atoms with Gasteiger partial charge in [-0.25, -0.2) is 0 Å². The van der Waals surface area contributed by atoms with Crippen LogP contribution >= 0.6 is 23.5 Å². The molecule has 0 amide bonds. The molecule has 0 radical (unpaired) electrons. The summed E-state index contributed by atoms with van der Waals surface area (Å²) >= 11 is 3.93. The lowest BCUT2D eigenvalue weighted by molar-refractivity contribution is 0.466. The van der Waals surface area contributed by atoms with Gasteiger partial charge in [0.1, 0.15) is 5.75 Å². The maximum Gasteiger partial charge on any atom is 0.122 e. The maximum absolute atomic E-state index is 10.2. The number of phenolic OH excluding ortho intramolecular Hbond substituents is 1. The zero-order valence-corrected chi connectivity index (χ0v) is 14.7. The van der Waals surface area contributed by atoms with Crippen molar-refractivity contribution in [2.45, 2.75) is 58.0 Å². The molecule has 1 N–H and O–H groups in total. The van der Waals surface area contributed by atoms with Crippen molar-refractivity contribution < 1.29 is 5.11 Å². The Bertz CT molecular complexity index is 391. The third-order valence-electron chi connectivity index (χ3n) is 3.25. The van der Waals surface area contributed by atoms with Crippen molar-refractivity contribution in [3.8, 4) is 5.75 Å². The van der Waals surface area contributed by atoms with Crippen molar-refractivity contribution in [3.63, 3.8) is 0 Å². The smallest absolute Gasteiger partial charge is 0.122 e. The second kappa shape index (κ2) is 10.4. The van der Waals surface area contributed by atoms with Gasteiger partial charge in [0.15, 0.2) is 0 Å². The molecule has 0 bridgehead atoms. The molecule has 1 rings (SSSR count). The average Bonchev–Trinajstić information content (AvgIpc) is 2.44. The lowest BCUT2D eigenvalue weighted by Crippen LogP contribution is -1.92. The molecule has 0 aliphatic rings. The monoisotopic (exact) mass is 312 g/mol. The van der Waals surface area contributed by atoms with E-state index in [1.807, 2.05) is 30.4 Å².